The highest BCUT2D eigenvalue weighted by atomic mass is 16.6. The van der Waals surface area contributed by atoms with Gasteiger partial charge in [-0.25, -0.2) is 9.59 Å². The van der Waals surface area contributed by atoms with E-state index < -0.39 is 17.7 Å². The van der Waals surface area contributed by atoms with Gasteiger partial charge in [-0.2, -0.15) is 0 Å². The highest BCUT2D eigenvalue weighted by molar-refractivity contribution is 5.81. The van der Waals surface area contributed by atoms with E-state index in [1.54, 1.807) is 20.8 Å². The van der Waals surface area contributed by atoms with E-state index in [-0.39, 0.29) is 18.0 Å². The van der Waals surface area contributed by atoms with Crippen molar-refractivity contribution in [1.29, 1.82) is 0 Å². The first-order chi connectivity index (χ1) is 14.0. The van der Waals surface area contributed by atoms with Crippen molar-refractivity contribution in [3.05, 3.63) is 35.9 Å². The summed E-state index contributed by atoms with van der Waals surface area (Å²) in [6.45, 7) is 11.8. The van der Waals surface area contributed by atoms with Crippen molar-refractivity contribution < 1.29 is 19.1 Å². The van der Waals surface area contributed by atoms with Crippen LogP contribution in [-0.2, 0) is 20.7 Å². The molecule has 4 atom stereocenters. The molecule has 168 valence electrons. The molecule has 1 saturated heterocycles. The van der Waals surface area contributed by atoms with Crippen LogP contribution in [0.15, 0.2) is 30.3 Å². The molecule has 0 aromatic heterocycles. The van der Waals surface area contributed by atoms with Crippen molar-refractivity contribution in [1.82, 2.24) is 5.32 Å². The van der Waals surface area contributed by atoms with Crippen LogP contribution < -0.4 is 5.32 Å². The lowest BCUT2D eigenvalue weighted by Crippen LogP contribution is -2.45. The number of rotatable bonds is 5. The zero-order chi connectivity index (χ0) is 22.3. The smallest absolute Gasteiger partial charge is 0.408 e. The van der Waals surface area contributed by atoms with E-state index in [1.807, 2.05) is 13.0 Å². The third-order valence-corrected chi connectivity index (χ3v) is 5.64. The summed E-state index contributed by atoms with van der Waals surface area (Å²) in [6, 6.07) is 9.86. The van der Waals surface area contributed by atoms with Gasteiger partial charge in [-0.1, -0.05) is 50.6 Å². The topological polar surface area (TPSA) is 64.6 Å². The van der Waals surface area contributed by atoms with Crippen molar-refractivity contribution >= 4 is 12.1 Å². The quantitative estimate of drug-likeness (QED) is 0.641. The van der Waals surface area contributed by atoms with Crippen LogP contribution in [0.4, 0.5) is 4.79 Å². The molecule has 0 radical (unpaired) electrons. The molecule has 1 fully saturated rings. The summed E-state index contributed by atoms with van der Waals surface area (Å²) in [5.41, 5.74) is 0.709. The zero-order valence-electron chi connectivity index (χ0n) is 19.4. The average molecular weight is 418 g/mol. The summed E-state index contributed by atoms with van der Waals surface area (Å²) in [7, 11) is 0. The Morgan fingerprint density at radius 1 is 1.20 bits per heavy atom. The molecule has 5 heteroatoms. The minimum absolute atomic E-state index is 0.199. The third-order valence-electron chi connectivity index (χ3n) is 5.64. The van der Waals surface area contributed by atoms with Crippen LogP contribution in [0.2, 0.25) is 0 Å². The first-order valence-corrected chi connectivity index (χ1v) is 11.3. The molecular weight excluding hydrogens is 378 g/mol. The van der Waals surface area contributed by atoms with Gasteiger partial charge in [-0.15, -0.1) is 0 Å². The highest BCUT2D eigenvalue weighted by Crippen LogP contribution is 2.34. The normalized spacial score (nSPS) is 25.6. The number of ether oxygens (including phenoxy) is 2. The second-order valence-corrected chi connectivity index (χ2v) is 10.0. The molecule has 2 rings (SSSR count). The molecule has 1 amide bonds. The number of carbonyl (C=O) groups excluding carboxylic acids is 2. The second-order valence-electron chi connectivity index (χ2n) is 10.0. The van der Waals surface area contributed by atoms with Crippen molar-refractivity contribution in [2.45, 2.75) is 91.4 Å². The number of amides is 1. The molecule has 1 aromatic carbocycles. The van der Waals surface area contributed by atoms with Crippen LogP contribution in [0.25, 0.3) is 0 Å². The number of hydrogen-bond donors (Lipinski definition) is 1. The minimum atomic E-state index is -0.669. The maximum Gasteiger partial charge on any atom is 0.408 e. The van der Waals surface area contributed by atoms with Gasteiger partial charge in [0.05, 0.1) is 0 Å². The van der Waals surface area contributed by atoms with Gasteiger partial charge in [0.25, 0.3) is 0 Å². The molecule has 30 heavy (non-hydrogen) atoms. The number of carbonyl (C=O) groups is 2. The summed E-state index contributed by atoms with van der Waals surface area (Å²) in [5, 5.41) is 2.73. The van der Waals surface area contributed by atoms with E-state index >= 15 is 0 Å². The predicted octanol–water partition coefficient (Wildman–Crippen LogP) is 5.52. The molecule has 1 N–H and O–H groups in total. The van der Waals surface area contributed by atoms with E-state index in [1.165, 1.54) is 5.56 Å². The van der Waals surface area contributed by atoms with Crippen molar-refractivity contribution in [2.24, 2.45) is 17.8 Å². The maximum atomic E-state index is 12.8. The fourth-order valence-electron chi connectivity index (χ4n) is 4.33. The highest BCUT2D eigenvalue weighted by Gasteiger charge is 2.35. The molecule has 1 aliphatic rings. The van der Waals surface area contributed by atoms with Crippen LogP contribution in [0.5, 0.6) is 0 Å². The van der Waals surface area contributed by atoms with Gasteiger partial charge < -0.3 is 14.8 Å². The van der Waals surface area contributed by atoms with Crippen LogP contribution in [-0.4, -0.2) is 29.8 Å². The Balaban J connectivity index is 2.15. The monoisotopic (exact) mass is 417 g/mol. The van der Waals surface area contributed by atoms with E-state index in [0.717, 1.165) is 25.7 Å². The Labute approximate surface area is 181 Å². The number of benzene rings is 1. The van der Waals surface area contributed by atoms with Crippen LogP contribution >= 0.6 is 0 Å². The van der Waals surface area contributed by atoms with Gasteiger partial charge >= 0.3 is 12.1 Å². The first kappa shape index (κ1) is 24.2. The van der Waals surface area contributed by atoms with Crippen molar-refractivity contribution in [3.8, 4) is 0 Å². The van der Waals surface area contributed by atoms with Crippen LogP contribution in [0.3, 0.4) is 0 Å². The SMILES string of the molecule is CC(C)C[C@@H]1[C@@H](Cc2ccccc2)CCC[C@H](NC(=O)OC(C)(C)C)C(=O)O[C@H]1C. The summed E-state index contributed by atoms with van der Waals surface area (Å²) >= 11 is 0. The summed E-state index contributed by atoms with van der Waals surface area (Å²) < 4.78 is 11.2. The minimum Gasteiger partial charge on any atom is -0.461 e. The zero-order valence-corrected chi connectivity index (χ0v) is 19.4. The molecule has 0 unspecified atom stereocenters. The Kier molecular flexibility index (Phi) is 8.75. The number of hydrogen-bond acceptors (Lipinski definition) is 4. The molecule has 1 aromatic rings. The van der Waals surface area contributed by atoms with E-state index in [9.17, 15) is 9.59 Å². The van der Waals surface area contributed by atoms with Crippen LogP contribution in [0.1, 0.15) is 72.8 Å². The Morgan fingerprint density at radius 2 is 1.87 bits per heavy atom. The fourth-order valence-corrected chi connectivity index (χ4v) is 4.33. The molecule has 0 spiro atoms. The van der Waals surface area contributed by atoms with Crippen LogP contribution in [0, 0.1) is 17.8 Å². The largest absolute Gasteiger partial charge is 0.461 e. The summed E-state index contributed by atoms with van der Waals surface area (Å²) in [4.78, 5) is 25.0. The lowest BCUT2D eigenvalue weighted by Gasteiger charge is -2.32. The fraction of sp³-hybridized carbons (Fsp3) is 0.680. The van der Waals surface area contributed by atoms with Gasteiger partial charge in [0, 0.05) is 0 Å². The summed E-state index contributed by atoms with van der Waals surface area (Å²) in [6.07, 6.45) is 3.63. The Bertz CT molecular complexity index is 680. The number of nitrogens with one attached hydrogen (secondary N) is 1. The second kappa shape index (κ2) is 10.8. The van der Waals surface area contributed by atoms with Crippen molar-refractivity contribution in [2.75, 3.05) is 0 Å². The molecule has 5 nitrogen and oxygen atoms in total. The predicted molar refractivity (Wildman–Crippen MR) is 119 cm³/mol. The van der Waals surface area contributed by atoms with E-state index in [2.05, 4.69) is 43.4 Å². The molecule has 0 bridgehead atoms. The summed E-state index contributed by atoms with van der Waals surface area (Å²) in [5.74, 6) is 0.876. The Morgan fingerprint density at radius 3 is 2.47 bits per heavy atom. The number of cyclic esters (lactones) is 1. The Hall–Kier alpha value is -2.04. The number of alkyl carbamates (subject to hydrolysis) is 1. The lowest BCUT2D eigenvalue weighted by molar-refractivity contribution is -0.154. The molecule has 0 saturated carbocycles. The van der Waals surface area contributed by atoms with Gasteiger partial charge in [0.1, 0.15) is 17.7 Å². The van der Waals surface area contributed by atoms with Gasteiger partial charge in [-0.05, 0) is 76.7 Å². The lowest BCUT2D eigenvalue weighted by atomic mass is 9.76. The number of esters is 1. The van der Waals surface area contributed by atoms with Crippen molar-refractivity contribution in [3.63, 3.8) is 0 Å². The van der Waals surface area contributed by atoms with Gasteiger partial charge in [-0.3, -0.25) is 0 Å². The standard InChI is InChI=1S/C25H39NO4/c1-17(2)15-21-18(3)29-23(27)22(26-24(28)30-25(4,5)6)14-10-13-20(21)16-19-11-8-7-9-12-19/h7-9,11-12,17-18,20-22H,10,13-16H2,1-6H3,(H,26,28)/t18-,20+,21-,22-/m0/s1. The van der Waals surface area contributed by atoms with Gasteiger partial charge in [0.2, 0.25) is 0 Å². The average Bonchev–Trinajstić information content (AvgIpc) is 2.67. The molecule has 0 aliphatic carbocycles. The molecule has 1 aliphatic heterocycles. The van der Waals surface area contributed by atoms with Gasteiger partial charge in [0.15, 0.2) is 0 Å². The first-order valence-electron chi connectivity index (χ1n) is 11.3. The third kappa shape index (κ3) is 8.00. The van der Waals surface area contributed by atoms with E-state index in [4.69, 9.17) is 9.47 Å². The van der Waals surface area contributed by atoms with E-state index in [0.29, 0.717) is 18.3 Å². The maximum absolute atomic E-state index is 12.8. The molecule has 1 heterocycles. The molecular formula is C25H39NO4.